The monoisotopic (exact) mass is 745 g/mol. The molecule has 0 saturated carbocycles. The number of likely N-dealkylation sites (N-methyl/N-ethyl adjacent to an activating group) is 1. The molecule has 1 aromatic carbocycles. The van der Waals surface area contributed by atoms with Crippen LogP contribution >= 0.6 is 11.3 Å². The third-order valence-corrected chi connectivity index (χ3v) is 12.1. The van der Waals surface area contributed by atoms with Gasteiger partial charge in [0.1, 0.15) is 10.7 Å². The van der Waals surface area contributed by atoms with Crippen LogP contribution in [-0.4, -0.2) is 99.5 Å². The Morgan fingerprint density at radius 1 is 1.18 bits per heavy atom. The van der Waals surface area contributed by atoms with Gasteiger partial charge >= 0.3 is 5.97 Å². The molecule has 51 heavy (non-hydrogen) atoms. The smallest absolute Gasteiger partial charge is 0.303 e. The second-order valence-corrected chi connectivity index (χ2v) is 18.0. The zero-order valence-corrected chi connectivity index (χ0v) is 33.5. The Morgan fingerprint density at radius 2 is 1.84 bits per heavy atom. The number of hydrogen-bond acceptors (Lipinski definition) is 9. The molecule has 0 aliphatic carbocycles. The molecule has 1 aliphatic heterocycles. The summed E-state index contributed by atoms with van der Waals surface area (Å²) in [6, 6.07) is 8.93. The van der Waals surface area contributed by atoms with Gasteiger partial charge < -0.3 is 15.0 Å². The lowest BCUT2D eigenvalue weighted by Gasteiger charge is -2.38. The first-order valence-corrected chi connectivity index (χ1v) is 20.9. The van der Waals surface area contributed by atoms with Gasteiger partial charge in [0, 0.05) is 72.7 Å². The van der Waals surface area contributed by atoms with Crippen molar-refractivity contribution in [1.29, 1.82) is 0 Å². The summed E-state index contributed by atoms with van der Waals surface area (Å²) in [7, 11) is 1.24. The van der Waals surface area contributed by atoms with Gasteiger partial charge in [-0.3, -0.25) is 28.3 Å². The normalized spacial score (nSPS) is 20.5. The highest BCUT2D eigenvalue weighted by Crippen LogP contribution is 2.35. The maximum absolute atomic E-state index is 14.3. The standard InChI is InChI=1S/C38H59N5O6S2/c1-11-26(4)30(21-34(45)38(6)18-15-19-42(38)7)37(47)43(8)32(25(2)3)22-33(49-27(5)44)36-41-31(24-50-36)35(46)40-29(23-39-51(9,10)48)20-28-16-13-12-14-17-28/h12-14,16-17,24-26,29-30,32-33H,9,11,15,18-23H2,1-8,10H3,(H,39,48)(H,40,46)/t26-,29-,30-,32+,33+,38+,51?/m0/s1. The summed E-state index contributed by atoms with van der Waals surface area (Å²) in [4.78, 5) is 62.2. The largest absolute Gasteiger partial charge is 0.455 e. The highest BCUT2D eigenvalue weighted by Gasteiger charge is 2.43. The molecule has 1 fully saturated rings. The van der Waals surface area contributed by atoms with Crippen LogP contribution in [0.3, 0.4) is 0 Å². The molecular formula is C38H59N5O6S2. The van der Waals surface area contributed by atoms with Crippen LogP contribution in [0, 0.1) is 17.8 Å². The van der Waals surface area contributed by atoms with Crippen LogP contribution in [0.15, 0.2) is 35.7 Å². The van der Waals surface area contributed by atoms with Gasteiger partial charge in [-0.25, -0.2) is 9.71 Å². The van der Waals surface area contributed by atoms with Crippen LogP contribution in [-0.2, 0) is 35.2 Å². The van der Waals surface area contributed by atoms with Gasteiger partial charge in [0.15, 0.2) is 11.9 Å². The van der Waals surface area contributed by atoms with Crippen molar-refractivity contribution in [2.24, 2.45) is 17.8 Å². The van der Waals surface area contributed by atoms with Crippen molar-refractivity contribution in [2.75, 3.05) is 33.4 Å². The quantitative estimate of drug-likeness (QED) is 0.153. The van der Waals surface area contributed by atoms with E-state index in [-0.39, 0.29) is 54.6 Å². The van der Waals surface area contributed by atoms with Crippen molar-refractivity contribution in [3.05, 3.63) is 52.0 Å². The van der Waals surface area contributed by atoms with Crippen LogP contribution in [0.4, 0.5) is 0 Å². The van der Waals surface area contributed by atoms with Gasteiger partial charge in [-0.05, 0) is 63.0 Å². The van der Waals surface area contributed by atoms with Crippen molar-refractivity contribution in [2.45, 2.75) is 104 Å². The Hall–Kier alpha value is -3.13. The van der Waals surface area contributed by atoms with Gasteiger partial charge in [0.2, 0.25) is 5.91 Å². The molecule has 1 saturated heterocycles. The summed E-state index contributed by atoms with van der Waals surface area (Å²) in [5.74, 6) is 2.24. The summed E-state index contributed by atoms with van der Waals surface area (Å²) in [5.41, 5.74) is 0.604. The van der Waals surface area contributed by atoms with Crippen LogP contribution in [0.2, 0.25) is 0 Å². The molecule has 7 atom stereocenters. The minimum atomic E-state index is -2.50. The number of nitrogens with zero attached hydrogens (tertiary/aromatic N) is 3. The van der Waals surface area contributed by atoms with Crippen LogP contribution < -0.4 is 10.0 Å². The molecule has 0 bridgehead atoms. The Balaban J connectivity index is 1.82. The number of benzene rings is 1. The van der Waals surface area contributed by atoms with Gasteiger partial charge in [-0.1, -0.05) is 64.4 Å². The third kappa shape index (κ3) is 11.9. The van der Waals surface area contributed by atoms with Crippen LogP contribution in [0.1, 0.15) is 101 Å². The molecule has 284 valence electrons. The Labute approximate surface area is 309 Å². The van der Waals surface area contributed by atoms with Gasteiger partial charge in [-0.2, -0.15) is 0 Å². The number of aromatic nitrogens is 1. The molecule has 1 aromatic heterocycles. The first-order chi connectivity index (χ1) is 23.9. The number of Topliss-reactive ketones (excluding diaryl/α,β-unsaturated/α-hetero) is 1. The van der Waals surface area contributed by atoms with Gasteiger partial charge in [0.05, 0.1) is 5.54 Å². The molecule has 13 heteroatoms. The number of hydrogen-bond donors (Lipinski definition) is 2. The predicted octanol–water partition coefficient (Wildman–Crippen LogP) is 4.92. The van der Waals surface area contributed by atoms with E-state index in [4.69, 9.17) is 4.74 Å². The van der Waals surface area contributed by atoms with E-state index in [0.717, 1.165) is 31.4 Å². The topological polar surface area (TPSA) is 138 Å². The fraction of sp³-hybridized carbons (Fsp3) is 0.632. The average Bonchev–Trinajstić information content (AvgIpc) is 3.70. The Kier molecular flexibility index (Phi) is 15.4. The molecular weight excluding hydrogens is 687 g/mol. The summed E-state index contributed by atoms with van der Waals surface area (Å²) < 4.78 is 21.0. The second-order valence-electron chi connectivity index (χ2n) is 14.8. The summed E-state index contributed by atoms with van der Waals surface area (Å²) >= 11 is 1.21. The minimum absolute atomic E-state index is 0.00498. The maximum Gasteiger partial charge on any atom is 0.303 e. The number of ketones is 1. The minimum Gasteiger partial charge on any atom is -0.455 e. The average molecular weight is 746 g/mol. The Morgan fingerprint density at radius 3 is 2.39 bits per heavy atom. The fourth-order valence-electron chi connectivity index (χ4n) is 6.76. The number of likely N-dealkylation sites (tertiary alicyclic amines) is 1. The van der Waals surface area contributed by atoms with E-state index in [9.17, 15) is 23.4 Å². The van der Waals surface area contributed by atoms with E-state index in [2.05, 4.69) is 25.8 Å². The molecule has 0 radical (unpaired) electrons. The fourth-order valence-corrected chi connectivity index (χ4v) is 8.15. The summed E-state index contributed by atoms with van der Waals surface area (Å²) in [5, 5.41) is 5.08. The zero-order valence-electron chi connectivity index (χ0n) is 31.9. The van der Waals surface area contributed by atoms with Crippen molar-refractivity contribution in [1.82, 2.24) is 24.8 Å². The molecule has 0 spiro atoms. The van der Waals surface area contributed by atoms with E-state index in [1.807, 2.05) is 72.0 Å². The summed E-state index contributed by atoms with van der Waals surface area (Å²) in [6.07, 6.45) is 4.14. The third-order valence-electron chi connectivity index (χ3n) is 10.4. The lowest BCUT2D eigenvalue weighted by Crippen LogP contribution is -2.50. The maximum atomic E-state index is 14.3. The molecule has 2 amide bonds. The second kappa shape index (κ2) is 18.6. The number of rotatable bonds is 19. The van der Waals surface area contributed by atoms with E-state index >= 15 is 0 Å². The number of thiazole rings is 1. The predicted molar refractivity (Wildman–Crippen MR) is 206 cm³/mol. The lowest BCUT2D eigenvalue weighted by molar-refractivity contribution is -0.149. The lowest BCUT2D eigenvalue weighted by atomic mass is 9.80. The first kappa shape index (κ1) is 42.3. The Bertz CT molecular complexity index is 1600. The number of esters is 1. The number of carbonyl (C=O) groups excluding carboxylic acids is 4. The molecule has 2 heterocycles. The van der Waals surface area contributed by atoms with Crippen LogP contribution in [0.5, 0.6) is 0 Å². The van der Waals surface area contributed by atoms with Crippen molar-refractivity contribution in [3.63, 3.8) is 0 Å². The van der Waals surface area contributed by atoms with E-state index < -0.39 is 45.2 Å². The highest BCUT2D eigenvalue weighted by molar-refractivity contribution is 7.97. The number of nitrogens with one attached hydrogen (secondary N) is 2. The summed E-state index contributed by atoms with van der Waals surface area (Å²) in [6.45, 7) is 12.5. The molecule has 11 nitrogen and oxygen atoms in total. The van der Waals surface area contributed by atoms with E-state index in [1.54, 1.807) is 17.3 Å². The molecule has 2 aromatic rings. The molecule has 1 unspecified atom stereocenters. The highest BCUT2D eigenvalue weighted by atomic mass is 32.2. The van der Waals surface area contributed by atoms with E-state index in [0.29, 0.717) is 11.4 Å². The molecule has 2 N–H and O–H groups in total. The van der Waals surface area contributed by atoms with Crippen molar-refractivity contribution in [3.8, 4) is 0 Å². The first-order valence-electron chi connectivity index (χ1n) is 17.9. The van der Waals surface area contributed by atoms with Gasteiger partial charge in [-0.15, -0.1) is 11.3 Å². The SMILES string of the molecule is C=S(C)(=O)NC[C@H](Cc1ccccc1)NC(=O)c1csc([C@@H](C[C@H](C(C)C)N(C)C(=O)[C@@H](CC(=O)[C@@]2(C)CCCN2C)[C@@H](C)CC)OC(C)=O)n1. The number of amides is 2. The molecule has 3 rings (SSSR count). The number of carbonyl (C=O) groups is 4. The van der Waals surface area contributed by atoms with E-state index in [1.165, 1.54) is 24.5 Å². The zero-order chi connectivity index (χ0) is 38.1. The van der Waals surface area contributed by atoms with Gasteiger partial charge in [0.25, 0.3) is 5.91 Å². The van der Waals surface area contributed by atoms with Crippen molar-refractivity contribution >= 4 is 50.5 Å². The van der Waals surface area contributed by atoms with Crippen LogP contribution in [0.25, 0.3) is 0 Å². The molecule has 1 aliphatic rings. The number of ether oxygens (including phenoxy) is 1. The van der Waals surface area contributed by atoms with Crippen molar-refractivity contribution < 1.29 is 28.1 Å².